The molecule has 1 heterocycles. The Morgan fingerprint density at radius 3 is 2.33 bits per heavy atom. The molecular weight excluding hydrogens is 383 g/mol. The zero-order chi connectivity index (χ0) is 16.0. The van der Waals surface area contributed by atoms with Crippen LogP contribution in [0.4, 0.5) is 0 Å². The van der Waals surface area contributed by atoms with Crippen LogP contribution in [0.5, 0.6) is 0 Å². The third-order valence-corrected chi connectivity index (χ3v) is 5.24. The molecule has 1 aliphatic heterocycles. The first kappa shape index (κ1) is 19.3. The molecule has 2 atom stereocenters. The molecule has 5 nitrogen and oxygen atoms in total. The highest BCUT2D eigenvalue weighted by Gasteiger charge is 2.32. The van der Waals surface area contributed by atoms with E-state index in [9.17, 15) is 9.90 Å². The first-order valence-electron chi connectivity index (χ1n) is 7.66. The van der Waals surface area contributed by atoms with Crippen molar-refractivity contribution >= 4 is 28.8 Å². The van der Waals surface area contributed by atoms with E-state index in [2.05, 4.69) is 23.6 Å². The number of aliphatic hydroxyl groups excluding tert-OH is 1. The van der Waals surface area contributed by atoms with Gasteiger partial charge in [0.1, 0.15) is 34.9 Å². The molecular formula is C15H29IN2O3. The Morgan fingerprint density at radius 2 is 1.90 bits per heavy atom. The van der Waals surface area contributed by atoms with E-state index in [0.717, 1.165) is 39.1 Å². The lowest BCUT2D eigenvalue weighted by molar-refractivity contribution is -0.121. The molecule has 21 heavy (non-hydrogen) atoms. The summed E-state index contributed by atoms with van der Waals surface area (Å²) in [5.41, 5.74) is 0.0489. The second-order valence-corrected chi connectivity index (χ2v) is 7.22. The van der Waals surface area contributed by atoms with Gasteiger partial charge in [-0.3, -0.25) is 14.6 Å². The van der Waals surface area contributed by atoms with Crippen LogP contribution in [0.3, 0.4) is 0 Å². The smallest absolute Gasteiger partial charge is 0.132 e. The number of carbonyl (C=O) groups excluding carboxylic acids is 1. The van der Waals surface area contributed by atoms with Gasteiger partial charge in [-0.15, -0.1) is 0 Å². The van der Waals surface area contributed by atoms with Gasteiger partial charge < -0.3 is 8.17 Å². The van der Waals surface area contributed by atoms with Crippen LogP contribution >= 0.6 is 23.0 Å². The predicted molar refractivity (Wildman–Crippen MR) is 92.5 cm³/mol. The monoisotopic (exact) mass is 412 g/mol. The lowest BCUT2D eigenvalue weighted by atomic mass is 9.87. The molecule has 0 radical (unpaired) electrons. The van der Waals surface area contributed by atoms with E-state index in [1.165, 1.54) is 0 Å². The molecule has 0 aromatic carbocycles. The number of hydrogen-bond acceptors (Lipinski definition) is 5. The average Bonchev–Trinajstić information content (AvgIpc) is 2.44. The molecule has 0 aromatic heterocycles. The Balaban J connectivity index is 2.46. The highest BCUT2D eigenvalue weighted by molar-refractivity contribution is 14.1. The molecule has 1 aliphatic rings. The highest BCUT2D eigenvalue weighted by atomic mass is 127. The van der Waals surface area contributed by atoms with Crippen molar-refractivity contribution in [1.29, 1.82) is 0 Å². The molecule has 1 fully saturated rings. The molecule has 0 aromatic rings. The van der Waals surface area contributed by atoms with Crippen LogP contribution in [-0.4, -0.2) is 71.7 Å². The summed E-state index contributed by atoms with van der Waals surface area (Å²) in [6.07, 6.45) is 0.793. The molecule has 0 spiro atoms. The van der Waals surface area contributed by atoms with Gasteiger partial charge in [0.05, 0.1) is 6.61 Å². The normalized spacial score (nSPS) is 21.2. The van der Waals surface area contributed by atoms with Gasteiger partial charge in [0.2, 0.25) is 0 Å². The van der Waals surface area contributed by atoms with Crippen molar-refractivity contribution in [2.24, 2.45) is 5.92 Å². The van der Waals surface area contributed by atoms with E-state index in [1.807, 2.05) is 29.9 Å². The predicted octanol–water partition coefficient (Wildman–Crippen LogP) is 1.73. The summed E-state index contributed by atoms with van der Waals surface area (Å²) in [6, 6.07) is 0. The third kappa shape index (κ3) is 6.09. The topological polar surface area (TPSA) is 53.0 Å². The Morgan fingerprint density at radius 1 is 1.33 bits per heavy atom. The van der Waals surface area contributed by atoms with Crippen LogP contribution in [0.15, 0.2) is 0 Å². The van der Waals surface area contributed by atoms with E-state index >= 15 is 0 Å². The molecule has 1 N–H and O–H groups in total. The van der Waals surface area contributed by atoms with Gasteiger partial charge in [0.25, 0.3) is 0 Å². The number of ketones is 1. The quantitative estimate of drug-likeness (QED) is 0.616. The minimum atomic E-state index is -0.108. The van der Waals surface area contributed by atoms with E-state index in [-0.39, 0.29) is 30.0 Å². The first-order valence-corrected chi connectivity index (χ1v) is 8.54. The zero-order valence-corrected chi connectivity index (χ0v) is 15.8. The summed E-state index contributed by atoms with van der Waals surface area (Å²) in [5.74, 6) is 0.385. The maximum Gasteiger partial charge on any atom is 0.132 e. The van der Waals surface area contributed by atoms with Gasteiger partial charge in [-0.05, 0) is 27.2 Å². The van der Waals surface area contributed by atoms with E-state index in [0.29, 0.717) is 0 Å². The number of aliphatic hydroxyl groups is 1. The summed E-state index contributed by atoms with van der Waals surface area (Å²) in [6.45, 7) is 12.9. The molecule has 1 saturated heterocycles. The number of hydrogen-bond donors (Lipinski definition) is 1. The standard InChI is InChI=1S/C15H29IN2O3/c1-12(13(2)20)9-15(3,4)18-7-5-17(6-8-18)10-14(11-19)21-16/h12,14,19H,5-11H2,1-4H3. The van der Waals surface area contributed by atoms with Crippen molar-refractivity contribution in [3.63, 3.8) is 0 Å². The summed E-state index contributed by atoms with van der Waals surface area (Å²) < 4.78 is 5.20. The summed E-state index contributed by atoms with van der Waals surface area (Å²) >= 11 is 1.85. The van der Waals surface area contributed by atoms with Crippen LogP contribution in [0.25, 0.3) is 0 Å². The highest BCUT2D eigenvalue weighted by Crippen LogP contribution is 2.25. The van der Waals surface area contributed by atoms with Crippen LogP contribution in [-0.2, 0) is 7.86 Å². The van der Waals surface area contributed by atoms with Crippen LogP contribution in [0.1, 0.15) is 34.1 Å². The SMILES string of the molecule is CC(=O)C(C)CC(C)(C)N1CCN(CC(CO)OI)CC1. The van der Waals surface area contributed by atoms with Crippen molar-refractivity contribution in [1.82, 2.24) is 9.80 Å². The lowest BCUT2D eigenvalue weighted by Crippen LogP contribution is -2.56. The van der Waals surface area contributed by atoms with Crippen LogP contribution in [0, 0.1) is 5.92 Å². The second-order valence-electron chi connectivity index (χ2n) is 6.71. The van der Waals surface area contributed by atoms with E-state index < -0.39 is 0 Å². The number of carbonyl (C=O) groups is 1. The molecule has 124 valence electrons. The van der Waals surface area contributed by atoms with Crippen molar-refractivity contribution in [3.05, 3.63) is 0 Å². The van der Waals surface area contributed by atoms with E-state index in [1.54, 1.807) is 6.92 Å². The molecule has 0 amide bonds. The number of nitrogens with zero attached hydrogens (tertiary/aromatic N) is 2. The summed E-state index contributed by atoms with van der Waals surface area (Å²) in [5, 5.41) is 9.19. The molecule has 2 unspecified atom stereocenters. The molecule has 0 saturated carbocycles. The van der Waals surface area contributed by atoms with Gasteiger partial charge in [-0.1, -0.05) is 6.92 Å². The van der Waals surface area contributed by atoms with E-state index in [4.69, 9.17) is 3.07 Å². The minimum absolute atomic E-state index is 0.0489. The Labute approximate surface area is 142 Å². The number of Topliss-reactive ketones (excluding diaryl/α,β-unsaturated/α-hetero) is 1. The fourth-order valence-electron chi connectivity index (χ4n) is 2.96. The van der Waals surface area contributed by atoms with Gasteiger partial charge in [-0.25, -0.2) is 0 Å². The van der Waals surface area contributed by atoms with Crippen molar-refractivity contribution < 1.29 is 13.0 Å². The number of halogens is 1. The van der Waals surface area contributed by atoms with Crippen LogP contribution < -0.4 is 0 Å². The van der Waals surface area contributed by atoms with Crippen molar-refractivity contribution in [3.8, 4) is 0 Å². The molecule has 0 aliphatic carbocycles. The summed E-state index contributed by atoms with van der Waals surface area (Å²) in [7, 11) is 0. The average molecular weight is 412 g/mol. The fraction of sp³-hybridized carbons (Fsp3) is 0.933. The molecule has 6 heteroatoms. The maximum atomic E-state index is 11.5. The van der Waals surface area contributed by atoms with Crippen LogP contribution in [0.2, 0.25) is 0 Å². The fourth-order valence-corrected chi connectivity index (χ4v) is 3.28. The summed E-state index contributed by atoms with van der Waals surface area (Å²) in [4.78, 5) is 16.3. The van der Waals surface area contributed by atoms with Gasteiger partial charge in [0, 0.05) is 44.2 Å². The Kier molecular flexibility index (Phi) is 8.05. The van der Waals surface area contributed by atoms with Gasteiger partial charge >= 0.3 is 0 Å². The molecule has 1 rings (SSSR count). The van der Waals surface area contributed by atoms with Gasteiger partial charge in [-0.2, -0.15) is 0 Å². The Bertz CT molecular complexity index is 327. The second kappa shape index (κ2) is 8.76. The first-order chi connectivity index (χ1) is 9.80. The largest absolute Gasteiger partial charge is 0.394 e. The lowest BCUT2D eigenvalue weighted by Gasteiger charge is -2.45. The Hall–Kier alpha value is 0.240. The number of rotatable bonds is 8. The number of piperazine rings is 1. The minimum Gasteiger partial charge on any atom is -0.394 e. The zero-order valence-electron chi connectivity index (χ0n) is 13.6. The van der Waals surface area contributed by atoms with Gasteiger partial charge in [0.15, 0.2) is 0 Å². The third-order valence-electron chi connectivity index (χ3n) is 4.52. The maximum absolute atomic E-state index is 11.5. The van der Waals surface area contributed by atoms with Crippen molar-refractivity contribution in [2.75, 3.05) is 39.3 Å². The molecule has 0 bridgehead atoms. The van der Waals surface area contributed by atoms with Crippen molar-refractivity contribution in [2.45, 2.75) is 45.8 Å².